The summed E-state index contributed by atoms with van der Waals surface area (Å²) in [5, 5.41) is 19.9. The van der Waals surface area contributed by atoms with Gasteiger partial charge < -0.3 is 5.11 Å². The molecule has 1 N–H and O–H groups in total. The fourth-order valence-corrected chi connectivity index (χ4v) is 5.63. The molecule has 1 aromatic heterocycles. The van der Waals surface area contributed by atoms with E-state index >= 15 is 0 Å². The van der Waals surface area contributed by atoms with E-state index in [9.17, 15) is 14.7 Å². The standard InChI is InChI=1S/C26H19N3O3S2/c30-22(19-14-8-3-9-15-19)20-21(18-12-6-2-7-13-18)29(24(32)23(20)31)25-27-28-26(34-25)33-16-17-10-4-1-5-11-17/h1-15,21,30H,16H2/b22-20+. The summed E-state index contributed by atoms with van der Waals surface area (Å²) in [6, 6.07) is 27.1. The summed E-state index contributed by atoms with van der Waals surface area (Å²) in [6.45, 7) is 0. The number of aliphatic hydroxyl groups is 1. The van der Waals surface area contributed by atoms with E-state index in [4.69, 9.17) is 0 Å². The number of ketones is 1. The molecule has 1 amide bonds. The van der Waals surface area contributed by atoms with E-state index in [2.05, 4.69) is 10.2 Å². The van der Waals surface area contributed by atoms with Crippen LogP contribution in [0.25, 0.3) is 5.76 Å². The van der Waals surface area contributed by atoms with Crippen molar-refractivity contribution in [2.45, 2.75) is 16.1 Å². The van der Waals surface area contributed by atoms with Gasteiger partial charge in [0, 0.05) is 11.3 Å². The number of amides is 1. The lowest BCUT2D eigenvalue weighted by molar-refractivity contribution is -0.132. The van der Waals surface area contributed by atoms with Crippen LogP contribution >= 0.6 is 23.1 Å². The topological polar surface area (TPSA) is 83.4 Å². The Balaban J connectivity index is 1.53. The van der Waals surface area contributed by atoms with Gasteiger partial charge in [-0.2, -0.15) is 0 Å². The number of thioether (sulfide) groups is 1. The van der Waals surface area contributed by atoms with E-state index in [1.165, 1.54) is 28.0 Å². The predicted octanol–water partition coefficient (Wildman–Crippen LogP) is 5.46. The molecular formula is C26H19N3O3S2. The zero-order valence-electron chi connectivity index (χ0n) is 17.9. The molecule has 1 atom stereocenters. The van der Waals surface area contributed by atoms with Crippen molar-refractivity contribution >= 4 is 45.7 Å². The molecule has 1 aliphatic heterocycles. The lowest BCUT2D eigenvalue weighted by Gasteiger charge is -2.22. The van der Waals surface area contributed by atoms with Gasteiger partial charge in [-0.1, -0.05) is 114 Å². The summed E-state index contributed by atoms with van der Waals surface area (Å²) < 4.78 is 0.690. The lowest BCUT2D eigenvalue weighted by atomic mass is 9.95. The Morgan fingerprint density at radius 3 is 2.18 bits per heavy atom. The first-order chi connectivity index (χ1) is 16.6. The van der Waals surface area contributed by atoms with E-state index in [0.717, 1.165) is 5.56 Å². The van der Waals surface area contributed by atoms with Gasteiger partial charge in [0.2, 0.25) is 5.13 Å². The van der Waals surface area contributed by atoms with Crippen LogP contribution < -0.4 is 4.90 Å². The van der Waals surface area contributed by atoms with Crippen molar-refractivity contribution in [2.24, 2.45) is 0 Å². The Labute approximate surface area is 204 Å². The van der Waals surface area contributed by atoms with E-state index in [0.29, 0.717) is 26.4 Å². The van der Waals surface area contributed by atoms with Gasteiger partial charge >= 0.3 is 5.91 Å². The molecule has 1 fully saturated rings. The minimum absolute atomic E-state index is 0.0380. The Morgan fingerprint density at radius 2 is 1.50 bits per heavy atom. The van der Waals surface area contributed by atoms with Gasteiger partial charge in [0.15, 0.2) is 4.34 Å². The van der Waals surface area contributed by atoms with Gasteiger partial charge in [0.25, 0.3) is 5.78 Å². The molecular weight excluding hydrogens is 466 g/mol. The molecule has 0 aliphatic carbocycles. The molecule has 1 aliphatic rings. The van der Waals surface area contributed by atoms with Gasteiger partial charge in [0.05, 0.1) is 11.6 Å². The Bertz CT molecular complexity index is 1360. The molecule has 2 heterocycles. The molecule has 0 spiro atoms. The molecule has 6 nitrogen and oxygen atoms in total. The number of Topliss-reactive ketones (excluding diaryl/α,β-unsaturated/α-hetero) is 1. The molecule has 0 radical (unpaired) electrons. The number of aromatic nitrogens is 2. The minimum Gasteiger partial charge on any atom is -0.507 e. The van der Waals surface area contributed by atoms with Crippen LogP contribution in [0.15, 0.2) is 101 Å². The Hall–Kier alpha value is -3.75. The molecule has 3 aromatic carbocycles. The summed E-state index contributed by atoms with van der Waals surface area (Å²) in [5.41, 5.74) is 2.36. The molecule has 4 aromatic rings. The van der Waals surface area contributed by atoms with Gasteiger partial charge in [0.1, 0.15) is 5.76 Å². The van der Waals surface area contributed by atoms with Crippen molar-refractivity contribution < 1.29 is 14.7 Å². The van der Waals surface area contributed by atoms with Gasteiger partial charge in [-0.05, 0) is 11.1 Å². The molecule has 0 bridgehead atoms. The third-order valence-corrected chi connectivity index (χ3v) is 7.54. The highest BCUT2D eigenvalue weighted by molar-refractivity contribution is 8.00. The number of aliphatic hydroxyl groups excluding tert-OH is 1. The number of benzene rings is 3. The number of hydrogen-bond acceptors (Lipinski definition) is 7. The van der Waals surface area contributed by atoms with Crippen LogP contribution in [0.5, 0.6) is 0 Å². The van der Waals surface area contributed by atoms with Gasteiger partial charge in [-0.25, -0.2) is 0 Å². The van der Waals surface area contributed by atoms with Crippen molar-refractivity contribution in [1.82, 2.24) is 10.2 Å². The quantitative estimate of drug-likeness (QED) is 0.128. The summed E-state index contributed by atoms with van der Waals surface area (Å²) in [5.74, 6) is -0.978. The lowest BCUT2D eigenvalue weighted by Crippen LogP contribution is -2.29. The maximum Gasteiger partial charge on any atom is 0.301 e. The number of rotatable bonds is 6. The second-order valence-corrected chi connectivity index (χ2v) is 9.75. The predicted molar refractivity (Wildman–Crippen MR) is 134 cm³/mol. The zero-order valence-corrected chi connectivity index (χ0v) is 19.5. The van der Waals surface area contributed by atoms with Crippen LogP contribution in [0.3, 0.4) is 0 Å². The molecule has 34 heavy (non-hydrogen) atoms. The van der Waals surface area contributed by atoms with Crippen LogP contribution in [0.2, 0.25) is 0 Å². The van der Waals surface area contributed by atoms with Gasteiger partial charge in [-0.3, -0.25) is 14.5 Å². The molecule has 0 saturated carbocycles. The summed E-state index contributed by atoms with van der Waals surface area (Å²) >= 11 is 2.77. The molecule has 1 unspecified atom stereocenters. The largest absolute Gasteiger partial charge is 0.507 e. The maximum absolute atomic E-state index is 13.2. The third-order valence-electron chi connectivity index (χ3n) is 5.41. The molecule has 168 valence electrons. The number of hydrogen-bond donors (Lipinski definition) is 1. The Kier molecular flexibility index (Phi) is 6.24. The number of carbonyl (C=O) groups is 2. The second kappa shape index (κ2) is 9.62. The fourth-order valence-electron chi connectivity index (χ4n) is 3.81. The summed E-state index contributed by atoms with van der Waals surface area (Å²) in [7, 11) is 0. The highest BCUT2D eigenvalue weighted by Crippen LogP contribution is 2.43. The van der Waals surface area contributed by atoms with Crippen molar-refractivity contribution in [2.75, 3.05) is 4.90 Å². The highest BCUT2D eigenvalue weighted by Gasteiger charge is 2.48. The van der Waals surface area contributed by atoms with Crippen LogP contribution in [0, 0.1) is 0 Å². The monoisotopic (exact) mass is 485 g/mol. The SMILES string of the molecule is O=C1C(=O)N(c2nnc(SCc3ccccc3)s2)C(c2ccccc2)/C1=C(\O)c1ccccc1. The van der Waals surface area contributed by atoms with Crippen molar-refractivity contribution in [3.63, 3.8) is 0 Å². The number of nitrogens with zero attached hydrogens (tertiary/aromatic N) is 3. The first kappa shape index (κ1) is 22.1. The molecule has 5 rings (SSSR count). The van der Waals surface area contributed by atoms with Crippen molar-refractivity contribution in [1.29, 1.82) is 0 Å². The van der Waals surface area contributed by atoms with Crippen molar-refractivity contribution in [3.05, 3.63) is 113 Å². The average Bonchev–Trinajstić information content (AvgIpc) is 3.46. The van der Waals surface area contributed by atoms with E-state index in [1.807, 2.05) is 66.7 Å². The van der Waals surface area contributed by atoms with Crippen molar-refractivity contribution in [3.8, 4) is 0 Å². The minimum atomic E-state index is -0.804. The zero-order chi connectivity index (χ0) is 23.5. The highest BCUT2D eigenvalue weighted by atomic mass is 32.2. The second-order valence-electron chi connectivity index (χ2n) is 7.57. The molecule has 8 heteroatoms. The molecule has 1 saturated heterocycles. The van der Waals surface area contributed by atoms with E-state index < -0.39 is 17.7 Å². The Morgan fingerprint density at radius 1 is 0.882 bits per heavy atom. The van der Waals surface area contributed by atoms with Crippen LogP contribution in [0.4, 0.5) is 5.13 Å². The van der Waals surface area contributed by atoms with Crippen LogP contribution in [0.1, 0.15) is 22.7 Å². The first-order valence-corrected chi connectivity index (χ1v) is 12.4. The maximum atomic E-state index is 13.2. The van der Waals surface area contributed by atoms with E-state index in [-0.39, 0.29) is 11.3 Å². The smallest absolute Gasteiger partial charge is 0.301 e. The third kappa shape index (κ3) is 4.25. The van der Waals surface area contributed by atoms with Crippen LogP contribution in [-0.4, -0.2) is 27.0 Å². The van der Waals surface area contributed by atoms with Crippen LogP contribution in [-0.2, 0) is 15.3 Å². The van der Waals surface area contributed by atoms with Gasteiger partial charge in [-0.15, -0.1) is 10.2 Å². The normalized spacial score (nSPS) is 17.3. The average molecular weight is 486 g/mol. The fraction of sp³-hybridized carbons (Fsp3) is 0.0769. The number of carbonyl (C=O) groups excluding carboxylic acids is 2. The van der Waals surface area contributed by atoms with E-state index in [1.54, 1.807) is 24.3 Å². The number of anilines is 1. The first-order valence-electron chi connectivity index (χ1n) is 10.5. The summed E-state index contributed by atoms with van der Waals surface area (Å²) in [4.78, 5) is 27.7. The summed E-state index contributed by atoms with van der Waals surface area (Å²) in [6.07, 6.45) is 0.